The molecule has 1 fully saturated rings. The molecule has 3 nitrogen and oxygen atoms in total. The molecule has 1 saturated heterocycles. The summed E-state index contributed by atoms with van der Waals surface area (Å²) in [4.78, 5) is 0. The molecule has 1 aliphatic rings. The van der Waals surface area contributed by atoms with E-state index in [1.165, 1.54) is 7.11 Å². The molecule has 4 heteroatoms. The molecule has 2 atom stereocenters. The molecule has 21 heavy (non-hydrogen) atoms. The average Bonchev–Trinajstić information content (AvgIpc) is 2.83. The minimum Gasteiger partial charge on any atom is -0.494 e. The Bertz CT molecular complexity index is 466. The molecule has 1 aliphatic heterocycles. The molecule has 0 spiro atoms. The third-order valence-electron chi connectivity index (χ3n) is 4.54. The normalized spacial score (nSPS) is 25.2. The van der Waals surface area contributed by atoms with Gasteiger partial charge in [-0.3, -0.25) is 0 Å². The van der Waals surface area contributed by atoms with Crippen molar-refractivity contribution in [3.63, 3.8) is 0 Å². The van der Waals surface area contributed by atoms with Crippen molar-refractivity contribution in [2.45, 2.75) is 39.2 Å². The van der Waals surface area contributed by atoms with Gasteiger partial charge >= 0.3 is 0 Å². The molecule has 2 unspecified atom stereocenters. The van der Waals surface area contributed by atoms with Gasteiger partial charge in [0.2, 0.25) is 0 Å². The van der Waals surface area contributed by atoms with Gasteiger partial charge in [-0.15, -0.1) is 0 Å². The van der Waals surface area contributed by atoms with Gasteiger partial charge in [0, 0.05) is 18.6 Å². The third kappa shape index (κ3) is 3.55. The second-order valence-corrected chi connectivity index (χ2v) is 5.91. The van der Waals surface area contributed by atoms with E-state index >= 15 is 0 Å². The number of hydrogen-bond donors (Lipinski definition) is 1. The van der Waals surface area contributed by atoms with Crippen LogP contribution in [0.5, 0.6) is 5.75 Å². The Kier molecular flexibility index (Phi) is 5.59. The van der Waals surface area contributed by atoms with Crippen LogP contribution in [0.3, 0.4) is 0 Å². The average molecular weight is 295 g/mol. The molecule has 0 aliphatic carbocycles. The van der Waals surface area contributed by atoms with Crippen molar-refractivity contribution in [2.24, 2.45) is 5.41 Å². The fraction of sp³-hybridized carbons (Fsp3) is 0.647. The second kappa shape index (κ2) is 7.23. The molecular formula is C17H26FNO2. The van der Waals surface area contributed by atoms with Gasteiger partial charge in [0.1, 0.15) is 0 Å². The highest BCUT2D eigenvalue weighted by Gasteiger charge is 2.41. The lowest BCUT2D eigenvalue weighted by Gasteiger charge is -2.33. The zero-order chi connectivity index (χ0) is 15.3. The molecule has 118 valence electrons. The molecule has 0 saturated carbocycles. The van der Waals surface area contributed by atoms with Gasteiger partial charge in [0.15, 0.2) is 11.6 Å². The van der Waals surface area contributed by atoms with Gasteiger partial charge in [-0.2, -0.15) is 0 Å². The van der Waals surface area contributed by atoms with E-state index < -0.39 is 0 Å². The van der Waals surface area contributed by atoms with Crippen molar-refractivity contribution >= 4 is 0 Å². The number of hydrogen-bond acceptors (Lipinski definition) is 3. The first-order valence-corrected chi connectivity index (χ1v) is 7.76. The smallest absolute Gasteiger partial charge is 0.168 e. The van der Waals surface area contributed by atoms with Crippen LogP contribution in [0.2, 0.25) is 0 Å². The van der Waals surface area contributed by atoms with Crippen molar-refractivity contribution in [3.05, 3.63) is 29.6 Å². The summed E-state index contributed by atoms with van der Waals surface area (Å²) in [6.45, 7) is 6.84. The van der Waals surface area contributed by atoms with Crippen LogP contribution in [-0.2, 0) is 11.2 Å². The van der Waals surface area contributed by atoms with Crippen molar-refractivity contribution in [1.29, 1.82) is 0 Å². The van der Waals surface area contributed by atoms with Crippen LogP contribution in [0.25, 0.3) is 0 Å². The molecule has 1 aromatic carbocycles. The zero-order valence-electron chi connectivity index (χ0n) is 13.2. The molecule has 0 radical (unpaired) electrons. The standard InChI is InChI=1S/C17H26FNO2/c1-4-9-19-12-17(8-10-21-13(17)2)11-14-6-5-7-15(20-3)16(14)18/h5-7,13,19H,4,8-12H2,1-3H3. The summed E-state index contributed by atoms with van der Waals surface area (Å²) >= 11 is 0. The Labute approximate surface area is 126 Å². The highest BCUT2D eigenvalue weighted by atomic mass is 19.1. The maximum absolute atomic E-state index is 14.4. The minimum absolute atomic E-state index is 0.0393. The van der Waals surface area contributed by atoms with Gasteiger partial charge < -0.3 is 14.8 Å². The van der Waals surface area contributed by atoms with Crippen LogP contribution in [-0.4, -0.2) is 32.9 Å². The Balaban J connectivity index is 2.19. The fourth-order valence-corrected chi connectivity index (χ4v) is 3.09. The number of ether oxygens (including phenoxy) is 2. The highest BCUT2D eigenvalue weighted by Crippen LogP contribution is 2.39. The fourth-order valence-electron chi connectivity index (χ4n) is 3.09. The van der Waals surface area contributed by atoms with E-state index in [0.717, 1.165) is 32.5 Å². The molecule has 0 aromatic heterocycles. The van der Waals surface area contributed by atoms with Crippen LogP contribution in [0.1, 0.15) is 32.3 Å². The van der Waals surface area contributed by atoms with E-state index in [2.05, 4.69) is 19.2 Å². The Morgan fingerprint density at radius 3 is 2.90 bits per heavy atom. The van der Waals surface area contributed by atoms with Crippen LogP contribution in [0.4, 0.5) is 4.39 Å². The number of nitrogens with one attached hydrogen (secondary N) is 1. The molecule has 1 N–H and O–H groups in total. The van der Waals surface area contributed by atoms with Gasteiger partial charge in [0.25, 0.3) is 0 Å². The summed E-state index contributed by atoms with van der Waals surface area (Å²) in [6, 6.07) is 5.37. The quantitative estimate of drug-likeness (QED) is 0.784. The Morgan fingerprint density at radius 2 is 2.29 bits per heavy atom. The molecule has 0 bridgehead atoms. The predicted octanol–water partition coefficient (Wildman–Crippen LogP) is 3.17. The Hall–Kier alpha value is -1.13. The maximum atomic E-state index is 14.4. The van der Waals surface area contributed by atoms with Crippen LogP contribution < -0.4 is 10.1 Å². The van der Waals surface area contributed by atoms with E-state index in [4.69, 9.17) is 9.47 Å². The van der Waals surface area contributed by atoms with Crippen molar-refractivity contribution < 1.29 is 13.9 Å². The second-order valence-electron chi connectivity index (χ2n) is 5.91. The third-order valence-corrected chi connectivity index (χ3v) is 4.54. The van der Waals surface area contributed by atoms with Gasteiger partial charge in [0.05, 0.1) is 13.2 Å². The number of methoxy groups -OCH3 is 1. The molecule has 1 heterocycles. The lowest BCUT2D eigenvalue weighted by atomic mass is 9.76. The summed E-state index contributed by atoms with van der Waals surface area (Å²) in [6.07, 6.45) is 2.86. The predicted molar refractivity (Wildman–Crippen MR) is 82.3 cm³/mol. The van der Waals surface area contributed by atoms with Gasteiger partial charge in [-0.05, 0) is 44.4 Å². The monoisotopic (exact) mass is 295 g/mol. The molecular weight excluding hydrogens is 269 g/mol. The lowest BCUT2D eigenvalue weighted by Crippen LogP contribution is -2.41. The van der Waals surface area contributed by atoms with Crippen LogP contribution >= 0.6 is 0 Å². The minimum atomic E-state index is -0.242. The van der Waals surface area contributed by atoms with Gasteiger partial charge in [-0.1, -0.05) is 19.1 Å². The molecule has 0 amide bonds. The zero-order valence-corrected chi connectivity index (χ0v) is 13.2. The largest absolute Gasteiger partial charge is 0.494 e. The van der Waals surface area contributed by atoms with Crippen molar-refractivity contribution in [1.82, 2.24) is 5.32 Å². The molecule has 1 aromatic rings. The van der Waals surface area contributed by atoms with E-state index in [1.54, 1.807) is 6.07 Å². The summed E-state index contributed by atoms with van der Waals surface area (Å²) in [5.41, 5.74) is 0.674. The number of benzene rings is 1. The highest BCUT2D eigenvalue weighted by molar-refractivity contribution is 5.32. The van der Waals surface area contributed by atoms with Crippen LogP contribution in [0.15, 0.2) is 18.2 Å². The Morgan fingerprint density at radius 1 is 1.48 bits per heavy atom. The SMILES string of the molecule is CCCNCC1(Cc2cccc(OC)c2F)CCOC1C. The first-order chi connectivity index (χ1) is 10.1. The van der Waals surface area contributed by atoms with Crippen LogP contribution in [0, 0.1) is 11.2 Å². The summed E-state index contributed by atoms with van der Waals surface area (Å²) in [5, 5.41) is 3.48. The first kappa shape index (κ1) is 16.2. The van der Waals surface area contributed by atoms with E-state index in [0.29, 0.717) is 17.7 Å². The lowest BCUT2D eigenvalue weighted by molar-refractivity contribution is 0.0626. The van der Waals surface area contributed by atoms with E-state index in [-0.39, 0.29) is 17.3 Å². The number of rotatable bonds is 7. The summed E-state index contributed by atoms with van der Waals surface area (Å²) in [5.74, 6) is 0.0738. The van der Waals surface area contributed by atoms with E-state index in [9.17, 15) is 4.39 Å². The summed E-state index contributed by atoms with van der Waals surface area (Å²) < 4.78 is 25.3. The topological polar surface area (TPSA) is 30.5 Å². The van der Waals surface area contributed by atoms with Gasteiger partial charge in [-0.25, -0.2) is 4.39 Å². The van der Waals surface area contributed by atoms with E-state index in [1.807, 2.05) is 12.1 Å². The van der Waals surface area contributed by atoms with Crippen molar-refractivity contribution in [2.75, 3.05) is 26.8 Å². The van der Waals surface area contributed by atoms with Crippen molar-refractivity contribution in [3.8, 4) is 5.75 Å². The maximum Gasteiger partial charge on any atom is 0.168 e. The summed E-state index contributed by atoms with van der Waals surface area (Å²) in [7, 11) is 1.50. The number of halogens is 1. The molecule has 2 rings (SSSR count). The first-order valence-electron chi connectivity index (χ1n) is 7.76.